The number of ether oxygens (including phenoxy) is 1. The summed E-state index contributed by atoms with van der Waals surface area (Å²) in [5, 5.41) is 4.36. The third kappa shape index (κ3) is 1.24. The summed E-state index contributed by atoms with van der Waals surface area (Å²) in [7, 11) is 0. The Morgan fingerprint density at radius 1 is 1.54 bits per heavy atom. The lowest BCUT2D eigenvalue weighted by atomic mass is 10.1. The molecule has 1 heterocycles. The van der Waals surface area contributed by atoms with Crippen molar-refractivity contribution < 1.29 is 4.74 Å². The van der Waals surface area contributed by atoms with Crippen LogP contribution in [0.15, 0.2) is 23.5 Å². The minimum Gasteiger partial charge on any atom is -0.489 e. The number of hydrogen-bond donors (Lipinski definition) is 0. The fraction of sp³-hybridized carbons (Fsp3) is 0.333. The van der Waals surface area contributed by atoms with Crippen molar-refractivity contribution in [1.82, 2.24) is 0 Å². The van der Waals surface area contributed by atoms with Crippen LogP contribution in [0.25, 0.3) is 0 Å². The molecule has 0 radical (unpaired) electrons. The van der Waals surface area contributed by atoms with E-state index in [2.05, 4.69) is 5.29 Å². The zero-order chi connectivity index (χ0) is 9.26. The highest BCUT2D eigenvalue weighted by molar-refractivity contribution is 5.62. The Kier molecular flexibility index (Phi) is 1.88. The Labute approximate surface area is 76.1 Å². The van der Waals surface area contributed by atoms with Crippen molar-refractivity contribution in [2.24, 2.45) is 5.29 Å². The highest BCUT2D eigenvalue weighted by Gasteiger charge is 2.19. The molecule has 1 aromatic carbocycles. The number of aryl methyl sites for hydroxylation is 1. The van der Waals surface area contributed by atoms with Gasteiger partial charge < -0.3 is 4.74 Å². The summed E-state index contributed by atoms with van der Waals surface area (Å²) in [6.45, 7) is 3.00. The molecule has 0 N–H and O–H groups in total. The summed E-state index contributed by atoms with van der Waals surface area (Å²) in [6.07, 6.45) is 0. The van der Waals surface area contributed by atoms with E-state index in [0.717, 1.165) is 17.0 Å². The van der Waals surface area contributed by atoms with Crippen molar-refractivity contribution in [3.05, 3.63) is 28.7 Å². The third-order valence-electron chi connectivity index (χ3n) is 2.12. The average Bonchev–Trinajstić information content (AvgIpc) is 2.18. The summed E-state index contributed by atoms with van der Waals surface area (Å²) in [5.74, 6) is 0.772. The normalized spacial score (nSPS) is 14.7. The summed E-state index contributed by atoms with van der Waals surface area (Å²) < 4.78 is 5.45. The summed E-state index contributed by atoms with van der Waals surface area (Å²) >= 11 is 0. The molecule has 2 rings (SSSR count). The first kappa shape index (κ1) is 8.04. The lowest BCUT2D eigenvalue weighted by molar-refractivity contribution is 0.306. The first-order valence-corrected chi connectivity index (χ1v) is 4.16. The Balaban J connectivity index is 2.51. The number of rotatable bonds is 1. The van der Waals surface area contributed by atoms with E-state index in [1.807, 2.05) is 25.1 Å². The van der Waals surface area contributed by atoms with Crippen LogP contribution in [0.3, 0.4) is 0 Å². The van der Waals surface area contributed by atoms with Gasteiger partial charge in [0.25, 0.3) is 0 Å². The molecular weight excluding hydrogens is 168 g/mol. The van der Waals surface area contributed by atoms with Crippen molar-refractivity contribution >= 4 is 5.69 Å². The lowest BCUT2D eigenvalue weighted by Gasteiger charge is -2.25. The number of fused-ring (bicyclic) bond motifs is 1. The topological polar surface area (TPSA) is 41.9 Å². The van der Waals surface area contributed by atoms with Crippen molar-refractivity contribution in [3.8, 4) is 5.75 Å². The standard InChI is InChI=1S/C9H10N2O2/c1-7-3-2-4-8-9(7)13-6-5-11(8)10-12/h2-4H,5-6H2,1H3. The van der Waals surface area contributed by atoms with Crippen molar-refractivity contribution in [2.45, 2.75) is 6.92 Å². The molecule has 68 valence electrons. The second-order valence-electron chi connectivity index (χ2n) is 2.98. The largest absolute Gasteiger partial charge is 0.489 e. The molecule has 0 atom stereocenters. The van der Waals surface area contributed by atoms with E-state index < -0.39 is 0 Å². The molecule has 0 spiro atoms. The molecule has 4 nitrogen and oxygen atoms in total. The number of nitroso groups, excluding NO2 is 1. The minimum atomic E-state index is 0.517. The van der Waals surface area contributed by atoms with Gasteiger partial charge in [-0.1, -0.05) is 12.1 Å². The van der Waals surface area contributed by atoms with Crippen molar-refractivity contribution in [2.75, 3.05) is 18.2 Å². The molecule has 0 bridgehead atoms. The number of para-hydroxylation sites is 1. The molecule has 0 aliphatic carbocycles. The number of benzene rings is 1. The van der Waals surface area contributed by atoms with E-state index in [4.69, 9.17) is 4.74 Å². The predicted octanol–water partition coefficient (Wildman–Crippen LogP) is 1.88. The first-order chi connectivity index (χ1) is 6.33. The number of hydrogen-bond acceptors (Lipinski definition) is 3. The van der Waals surface area contributed by atoms with E-state index in [9.17, 15) is 4.91 Å². The van der Waals surface area contributed by atoms with Crippen LogP contribution in [0, 0.1) is 11.8 Å². The fourth-order valence-corrected chi connectivity index (χ4v) is 1.47. The zero-order valence-corrected chi connectivity index (χ0v) is 7.36. The smallest absolute Gasteiger partial charge is 0.147 e. The monoisotopic (exact) mass is 178 g/mol. The van der Waals surface area contributed by atoms with Crippen LogP contribution >= 0.6 is 0 Å². The molecule has 13 heavy (non-hydrogen) atoms. The molecular formula is C9H10N2O2. The number of anilines is 1. The van der Waals surface area contributed by atoms with Crippen LogP contribution in [0.2, 0.25) is 0 Å². The van der Waals surface area contributed by atoms with Crippen LogP contribution in [0.1, 0.15) is 5.56 Å². The average molecular weight is 178 g/mol. The molecule has 0 saturated heterocycles. The summed E-state index contributed by atoms with van der Waals surface area (Å²) in [5.41, 5.74) is 1.80. The molecule has 0 amide bonds. The Morgan fingerprint density at radius 2 is 2.38 bits per heavy atom. The van der Waals surface area contributed by atoms with Gasteiger partial charge in [-0.15, -0.1) is 4.91 Å². The van der Waals surface area contributed by atoms with Gasteiger partial charge in [-0.05, 0) is 18.6 Å². The van der Waals surface area contributed by atoms with Gasteiger partial charge in [0.2, 0.25) is 0 Å². The van der Waals surface area contributed by atoms with Crippen molar-refractivity contribution in [3.63, 3.8) is 0 Å². The van der Waals surface area contributed by atoms with Gasteiger partial charge >= 0.3 is 0 Å². The third-order valence-corrected chi connectivity index (χ3v) is 2.12. The van der Waals surface area contributed by atoms with Gasteiger partial charge in [0, 0.05) is 0 Å². The molecule has 4 heteroatoms. The first-order valence-electron chi connectivity index (χ1n) is 4.16. The fourth-order valence-electron chi connectivity index (χ4n) is 1.47. The predicted molar refractivity (Wildman–Crippen MR) is 49.8 cm³/mol. The molecule has 1 aliphatic rings. The van der Waals surface area contributed by atoms with E-state index in [1.165, 1.54) is 5.01 Å². The maximum absolute atomic E-state index is 10.5. The SMILES string of the molecule is Cc1cccc2c1OCCN2N=O. The minimum absolute atomic E-state index is 0.517. The van der Waals surface area contributed by atoms with Gasteiger partial charge in [-0.3, -0.25) is 0 Å². The maximum Gasteiger partial charge on any atom is 0.147 e. The Bertz CT molecular complexity index is 338. The van der Waals surface area contributed by atoms with Gasteiger partial charge in [-0.25, -0.2) is 5.01 Å². The molecule has 0 fully saturated rings. The van der Waals surface area contributed by atoms with Crippen LogP contribution in [-0.2, 0) is 0 Å². The summed E-state index contributed by atoms with van der Waals surface area (Å²) in [6, 6.07) is 5.68. The second-order valence-corrected chi connectivity index (χ2v) is 2.98. The van der Waals surface area contributed by atoms with Crippen molar-refractivity contribution in [1.29, 1.82) is 0 Å². The van der Waals surface area contributed by atoms with Crippen LogP contribution in [0.5, 0.6) is 5.75 Å². The highest BCUT2D eigenvalue weighted by Crippen LogP contribution is 2.34. The van der Waals surface area contributed by atoms with Gasteiger partial charge in [0.15, 0.2) is 0 Å². The van der Waals surface area contributed by atoms with Crippen LogP contribution in [-0.4, -0.2) is 13.2 Å². The zero-order valence-electron chi connectivity index (χ0n) is 7.36. The van der Waals surface area contributed by atoms with Crippen LogP contribution in [0.4, 0.5) is 5.69 Å². The van der Waals surface area contributed by atoms with E-state index in [0.29, 0.717) is 13.2 Å². The molecule has 1 aromatic rings. The van der Waals surface area contributed by atoms with Gasteiger partial charge in [0.1, 0.15) is 18.0 Å². The van der Waals surface area contributed by atoms with E-state index >= 15 is 0 Å². The molecule has 0 saturated carbocycles. The molecule has 1 aliphatic heterocycles. The lowest BCUT2D eigenvalue weighted by Crippen LogP contribution is -2.27. The van der Waals surface area contributed by atoms with Gasteiger partial charge in [-0.2, -0.15) is 0 Å². The molecule has 0 aromatic heterocycles. The maximum atomic E-state index is 10.5. The highest BCUT2D eigenvalue weighted by atomic mass is 16.5. The van der Waals surface area contributed by atoms with Gasteiger partial charge in [0.05, 0.1) is 11.8 Å². The molecule has 0 unspecified atom stereocenters. The summed E-state index contributed by atoms with van der Waals surface area (Å²) in [4.78, 5) is 10.5. The Hall–Kier alpha value is -1.58. The van der Waals surface area contributed by atoms with E-state index in [-0.39, 0.29) is 0 Å². The quantitative estimate of drug-likeness (QED) is 0.616. The van der Waals surface area contributed by atoms with E-state index in [1.54, 1.807) is 0 Å². The Morgan fingerprint density at radius 3 is 3.15 bits per heavy atom. The van der Waals surface area contributed by atoms with Crippen LogP contribution < -0.4 is 9.75 Å². The second kappa shape index (κ2) is 3.05. The number of nitrogens with zero attached hydrogens (tertiary/aromatic N) is 2.